The molecular weight excluding hydrogens is 434 g/mol. The van der Waals surface area contributed by atoms with E-state index < -0.39 is 30.4 Å². The Bertz CT molecular complexity index is 1190. The number of carbonyl (C=O) groups is 3. The van der Waals surface area contributed by atoms with Crippen molar-refractivity contribution in [1.82, 2.24) is 15.1 Å². The number of nitrogens with one attached hydrogen (secondary N) is 2. The molecule has 0 spiro atoms. The van der Waals surface area contributed by atoms with E-state index in [1.165, 1.54) is 23.9 Å². The molecule has 0 aliphatic carbocycles. The lowest BCUT2D eigenvalue weighted by molar-refractivity contribution is -0.148. The summed E-state index contributed by atoms with van der Waals surface area (Å²) < 4.78 is 6.38. The molecule has 0 bridgehead atoms. The zero-order valence-electron chi connectivity index (χ0n) is 16.9. The number of hydrogen-bond acceptors (Lipinski definition) is 6. The van der Waals surface area contributed by atoms with Crippen molar-refractivity contribution in [3.05, 3.63) is 76.9 Å². The summed E-state index contributed by atoms with van der Waals surface area (Å²) in [6, 6.07) is 16.2. The number of esters is 1. The van der Waals surface area contributed by atoms with E-state index in [2.05, 4.69) is 15.7 Å². The van der Waals surface area contributed by atoms with Gasteiger partial charge in [-0.25, -0.2) is 9.48 Å². The molecule has 2 N–H and O–H groups in total. The van der Waals surface area contributed by atoms with Gasteiger partial charge in [0, 0.05) is 0 Å². The van der Waals surface area contributed by atoms with Gasteiger partial charge >= 0.3 is 5.97 Å². The highest BCUT2D eigenvalue weighted by Gasteiger charge is 2.21. The second-order valence-electron chi connectivity index (χ2n) is 6.60. The Kier molecular flexibility index (Phi) is 7.21. The van der Waals surface area contributed by atoms with E-state index in [0.29, 0.717) is 5.69 Å². The molecule has 0 aliphatic heterocycles. The first-order valence-electron chi connectivity index (χ1n) is 9.46. The Morgan fingerprint density at radius 3 is 2.53 bits per heavy atom. The quantitative estimate of drug-likeness (QED) is 0.532. The van der Waals surface area contributed by atoms with Gasteiger partial charge in [0.25, 0.3) is 11.8 Å². The number of carbonyl (C=O) groups excluding carboxylic acids is 3. The standard InChI is InChI=1S/C22H18ClN5O4/c1-14(26-21(30)17-9-5-6-10-18(17)23)22(31)32-13-19(29)27-20-15(11-24)12-25-28(20)16-7-3-2-4-8-16/h2-10,12,14H,13H2,1H3,(H,26,30)(H,27,29)/t14-/m0/s1. The maximum Gasteiger partial charge on any atom is 0.328 e. The minimum atomic E-state index is -1.02. The van der Waals surface area contributed by atoms with Crippen molar-refractivity contribution >= 4 is 35.2 Å². The van der Waals surface area contributed by atoms with Crippen LogP contribution in [0.2, 0.25) is 5.02 Å². The van der Waals surface area contributed by atoms with Gasteiger partial charge in [0.1, 0.15) is 17.7 Å². The van der Waals surface area contributed by atoms with Crippen LogP contribution in [0.25, 0.3) is 5.69 Å². The predicted octanol–water partition coefficient (Wildman–Crippen LogP) is 2.70. The summed E-state index contributed by atoms with van der Waals surface area (Å²) in [6.45, 7) is 0.809. The zero-order chi connectivity index (χ0) is 23.1. The minimum Gasteiger partial charge on any atom is -0.454 e. The maximum atomic E-state index is 12.3. The van der Waals surface area contributed by atoms with Crippen LogP contribution < -0.4 is 10.6 Å². The van der Waals surface area contributed by atoms with E-state index in [9.17, 15) is 19.6 Å². The average molecular weight is 452 g/mol. The van der Waals surface area contributed by atoms with E-state index in [0.717, 1.165) is 0 Å². The van der Waals surface area contributed by atoms with Gasteiger partial charge in [-0.2, -0.15) is 10.4 Å². The van der Waals surface area contributed by atoms with E-state index >= 15 is 0 Å². The second kappa shape index (κ2) is 10.2. The lowest BCUT2D eigenvalue weighted by Gasteiger charge is -2.14. The number of ether oxygens (including phenoxy) is 1. The number of nitrogens with zero attached hydrogens (tertiary/aromatic N) is 3. The Hall–Kier alpha value is -4.16. The minimum absolute atomic E-state index is 0.147. The van der Waals surface area contributed by atoms with Crippen LogP contribution in [0.4, 0.5) is 5.82 Å². The summed E-state index contributed by atoms with van der Waals surface area (Å²) in [6.07, 6.45) is 1.32. The van der Waals surface area contributed by atoms with Gasteiger partial charge in [-0.3, -0.25) is 9.59 Å². The van der Waals surface area contributed by atoms with Gasteiger partial charge < -0.3 is 15.4 Å². The average Bonchev–Trinajstić information content (AvgIpc) is 3.20. The number of hydrogen-bond donors (Lipinski definition) is 2. The van der Waals surface area contributed by atoms with Crippen molar-refractivity contribution in [3.63, 3.8) is 0 Å². The van der Waals surface area contributed by atoms with Crippen LogP contribution in [0.5, 0.6) is 0 Å². The first-order valence-corrected chi connectivity index (χ1v) is 9.84. The lowest BCUT2D eigenvalue weighted by Crippen LogP contribution is -2.40. The molecule has 10 heteroatoms. The van der Waals surface area contributed by atoms with Crippen LogP contribution >= 0.6 is 11.6 Å². The summed E-state index contributed by atoms with van der Waals surface area (Å²) in [7, 11) is 0. The predicted molar refractivity (Wildman–Crippen MR) is 116 cm³/mol. The van der Waals surface area contributed by atoms with Gasteiger partial charge in [0.2, 0.25) is 0 Å². The van der Waals surface area contributed by atoms with Crippen molar-refractivity contribution in [3.8, 4) is 11.8 Å². The largest absolute Gasteiger partial charge is 0.454 e. The smallest absolute Gasteiger partial charge is 0.328 e. The summed E-state index contributed by atoms with van der Waals surface area (Å²) >= 11 is 5.97. The molecule has 0 radical (unpaired) electrons. The Balaban J connectivity index is 1.59. The summed E-state index contributed by atoms with van der Waals surface area (Å²) in [4.78, 5) is 36.8. The van der Waals surface area contributed by atoms with Crippen LogP contribution in [-0.4, -0.2) is 40.2 Å². The summed E-state index contributed by atoms with van der Waals surface area (Å²) in [5.41, 5.74) is 0.996. The van der Waals surface area contributed by atoms with Crippen LogP contribution in [0.3, 0.4) is 0 Å². The molecule has 0 unspecified atom stereocenters. The number of amides is 2. The fraction of sp³-hybridized carbons (Fsp3) is 0.136. The van der Waals surface area contributed by atoms with Crippen molar-refractivity contribution in [2.24, 2.45) is 0 Å². The first-order chi connectivity index (χ1) is 15.4. The molecule has 0 aliphatic rings. The van der Waals surface area contributed by atoms with Gasteiger partial charge in [-0.15, -0.1) is 0 Å². The molecule has 2 aromatic carbocycles. The molecule has 1 heterocycles. The van der Waals surface area contributed by atoms with Gasteiger partial charge in [-0.1, -0.05) is 41.9 Å². The van der Waals surface area contributed by atoms with E-state index in [1.54, 1.807) is 42.5 Å². The van der Waals surface area contributed by atoms with Crippen molar-refractivity contribution in [2.45, 2.75) is 13.0 Å². The van der Waals surface area contributed by atoms with Crippen molar-refractivity contribution in [1.29, 1.82) is 5.26 Å². The number of aromatic nitrogens is 2. The normalized spacial score (nSPS) is 11.2. The fourth-order valence-electron chi connectivity index (χ4n) is 2.72. The number of benzene rings is 2. The molecule has 162 valence electrons. The second-order valence-corrected chi connectivity index (χ2v) is 7.00. The number of para-hydroxylation sites is 1. The van der Waals surface area contributed by atoms with E-state index in [4.69, 9.17) is 16.3 Å². The van der Waals surface area contributed by atoms with Crippen molar-refractivity contribution in [2.75, 3.05) is 11.9 Å². The SMILES string of the molecule is C[C@H](NC(=O)c1ccccc1Cl)C(=O)OCC(=O)Nc1c(C#N)cnn1-c1ccccc1. The van der Waals surface area contributed by atoms with Crippen LogP contribution in [-0.2, 0) is 14.3 Å². The number of halogens is 1. The van der Waals surface area contributed by atoms with Crippen LogP contribution in [0.15, 0.2) is 60.8 Å². The molecule has 3 aromatic rings. The number of rotatable bonds is 7. The Morgan fingerprint density at radius 1 is 1.16 bits per heavy atom. The molecule has 9 nitrogen and oxygen atoms in total. The highest BCUT2D eigenvalue weighted by atomic mass is 35.5. The molecular formula is C22H18ClN5O4. The molecule has 3 rings (SSSR count). The Labute approximate surface area is 188 Å². The van der Waals surface area contributed by atoms with Crippen LogP contribution in [0, 0.1) is 11.3 Å². The molecule has 2 amide bonds. The third-order valence-corrected chi connectivity index (χ3v) is 4.64. The highest BCUT2D eigenvalue weighted by molar-refractivity contribution is 6.33. The molecule has 32 heavy (non-hydrogen) atoms. The van der Waals surface area contributed by atoms with Crippen LogP contribution in [0.1, 0.15) is 22.8 Å². The zero-order valence-corrected chi connectivity index (χ0v) is 17.7. The number of anilines is 1. The van der Waals surface area contributed by atoms with Gasteiger partial charge in [-0.05, 0) is 31.2 Å². The number of nitriles is 1. The van der Waals surface area contributed by atoms with E-state index in [1.807, 2.05) is 12.1 Å². The molecule has 0 saturated carbocycles. The van der Waals surface area contributed by atoms with Gasteiger partial charge in [0.05, 0.1) is 22.5 Å². The molecule has 1 aromatic heterocycles. The van der Waals surface area contributed by atoms with Crippen molar-refractivity contribution < 1.29 is 19.1 Å². The molecule has 0 saturated heterocycles. The summed E-state index contributed by atoms with van der Waals surface area (Å²) in [5, 5.41) is 18.7. The van der Waals surface area contributed by atoms with E-state index in [-0.39, 0.29) is 22.0 Å². The maximum absolute atomic E-state index is 12.3. The lowest BCUT2D eigenvalue weighted by atomic mass is 10.2. The fourth-order valence-corrected chi connectivity index (χ4v) is 2.95. The first kappa shape index (κ1) is 22.5. The summed E-state index contributed by atoms with van der Waals surface area (Å²) in [5.74, 6) is -1.87. The molecule has 0 fully saturated rings. The monoisotopic (exact) mass is 451 g/mol. The third kappa shape index (κ3) is 5.30. The highest BCUT2D eigenvalue weighted by Crippen LogP contribution is 2.19. The van der Waals surface area contributed by atoms with Gasteiger partial charge in [0.15, 0.2) is 12.4 Å². The topological polar surface area (TPSA) is 126 Å². The molecule has 1 atom stereocenters. The Morgan fingerprint density at radius 2 is 1.84 bits per heavy atom. The third-order valence-electron chi connectivity index (χ3n) is 4.31.